The van der Waals surface area contributed by atoms with Crippen molar-refractivity contribution in [3.63, 3.8) is 0 Å². The summed E-state index contributed by atoms with van der Waals surface area (Å²) in [7, 11) is 4.31. The maximum Gasteiger partial charge on any atom is 0.295 e. The number of phenols is 1. The molecule has 0 aliphatic carbocycles. The van der Waals surface area contributed by atoms with E-state index in [1.165, 1.54) is 44.4 Å². The molecule has 2 aromatic carbocycles. The molecule has 0 bridgehead atoms. The summed E-state index contributed by atoms with van der Waals surface area (Å²) in [6, 6.07) is 8.25. The number of ketones is 1. The molecule has 1 heterocycles. The lowest BCUT2D eigenvalue weighted by Crippen LogP contribution is -2.32. The molecule has 2 N–H and O–H groups in total. The minimum Gasteiger partial charge on any atom is -0.506 e. The van der Waals surface area contributed by atoms with Crippen molar-refractivity contribution in [1.82, 2.24) is 4.90 Å². The lowest BCUT2D eigenvalue weighted by Gasteiger charge is -2.25. The number of aromatic hydroxyl groups is 1. The van der Waals surface area contributed by atoms with Gasteiger partial charge in [0.15, 0.2) is 0 Å². The van der Waals surface area contributed by atoms with Crippen molar-refractivity contribution in [1.29, 1.82) is 0 Å². The predicted octanol–water partition coefficient (Wildman–Crippen LogP) is 3.13. The molecule has 8 nitrogen and oxygen atoms in total. The highest BCUT2D eigenvalue weighted by molar-refractivity contribution is 6.46. The second kappa shape index (κ2) is 9.28. The molecule has 0 aromatic heterocycles. The molecule has 1 atom stereocenters. The average molecular weight is 448 g/mol. The van der Waals surface area contributed by atoms with E-state index < -0.39 is 23.5 Å². The van der Waals surface area contributed by atoms with E-state index in [-0.39, 0.29) is 46.6 Å². The summed E-state index contributed by atoms with van der Waals surface area (Å²) in [5.41, 5.74) is 0.436. The summed E-state index contributed by atoms with van der Waals surface area (Å²) in [6.07, 6.45) is 0. The molecule has 0 radical (unpaired) electrons. The van der Waals surface area contributed by atoms with Crippen LogP contribution in [0.1, 0.15) is 17.2 Å². The van der Waals surface area contributed by atoms with E-state index in [1.54, 1.807) is 18.2 Å². The molecule has 1 unspecified atom stereocenters. The number of Topliss-reactive ketones (excluding diaryl/α,β-unsaturated/α-hetero) is 1. The van der Waals surface area contributed by atoms with E-state index in [0.29, 0.717) is 5.56 Å². The Kier molecular flexibility index (Phi) is 6.72. The van der Waals surface area contributed by atoms with Crippen molar-refractivity contribution in [3.05, 3.63) is 58.1 Å². The first-order valence-corrected chi connectivity index (χ1v) is 9.70. The quantitative estimate of drug-likeness (QED) is 0.381. The number of methoxy groups -OCH3 is 3. The first-order chi connectivity index (χ1) is 14.8. The van der Waals surface area contributed by atoms with Crippen LogP contribution < -0.4 is 9.47 Å². The summed E-state index contributed by atoms with van der Waals surface area (Å²) < 4.78 is 15.8. The van der Waals surface area contributed by atoms with Gasteiger partial charge in [0.2, 0.25) is 0 Å². The number of amides is 1. The number of hydrogen-bond acceptors (Lipinski definition) is 7. The van der Waals surface area contributed by atoms with Gasteiger partial charge in [0, 0.05) is 13.7 Å². The molecule has 1 fully saturated rings. The van der Waals surface area contributed by atoms with E-state index in [9.17, 15) is 19.8 Å². The molecule has 31 heavy (non-hydrogen) atoms. The van der Waals surface area contributed by atoms with Crippen LogP contribution in [0.2, 0.25) is 5.02 Å². The van der Waals surface area contributed by atoms with Gasteiger partial charge in [0.05, 0.1) is 37.5 Å². The van der Waals surface area contributed by atoms with E-state index in [4.69, 9.17) is 25.8 Å². The van der Waals surface area contributed by atoms with Crippen molar-refractivity contribution in [2.24, 2.45) is 0 Å². The molecule has 1 amide bonds. The van der Waals surface area contributed by atoms with Crippen molar-refractivity contribution in [3.8, 4) is 17.2 Å². The Balaban J connectivity index is 2.28. The fraction of sp³-hybridized carbons (Fsp3) is 0.273. The van der Waals surface area contributed by atoms with E-state index in [0.717, 1.165) is 0 Å². The zero-order chi connectivity index (χ0) is 22.7. The predicted molar refractivity (Wildman–Crippen MR) is 114 cm³/mol. The second-order valence-electron chi connectivity index (χ2n) is 6.73. The normalized spacial score (nSPS) is 17.8. The summed E-state index contributed by atoms with van der Waals surface area (Å²) >= 11 is 6.08. The van der Waals surface area contributed by atoms with Crippen molar-refractivity contribution in [2.75, 3.05) is 34.5 Å². The molecule has 1 aliphatic heterocycles. The van der Waals surface area contributed by atoms with Gasteiger partial charge in [-0.25, -0.2) is 0 Å². The van der Waals surface area contributed by atoms with Crippen LogP contribution in [0, 0.1) is 0 Å². The van der Waals surface area contributed by atoms with E-state index >= 15 is 0 Å². The highest BCUT2D eigenvalue weighted by Crippen LogP contribution is 2.44. The topological polar surface area (TPSA) is 106 Å². The summed E-state index contributed by atoms with van der Waals surface area (Å²) in [5.74, 6) is -1.71. The number of rotatable bonds is 7. The molecular formula is C22H22ClNO7. The van der Waals surface area contributed by atoms with Gasteiger partial charge in [0.1, 0.15) is 28.6 Å². The zero-order valence-corrected chi connectivity index (χ0v) is 18.0. The number of hydrogen-bond donors (Lipinski definition) is 2. The van der Waals surface area contributed by atoms with Crippen LogP contribution in [0.25, 0.3) is 5.76 Å². The van der Waals surface area contributed by atoms with Crippen LogP contribution in [0.5, 0.6) is 17.2 Å². The maximum atomic E-state index is 13.0. The fourth-order valence-electron chi connectivity index (χ4n) is 3.56. The van der Waals surface area contributed by atoms with Gasteiger partial charge in [-0.1, -0.05) is 23.7 Å². The first-order valence-electron chi connectivity index (χ1n) is 9.32. The zero-order valence-electron chi connectivity index (χ0n) is 17.2. The van der Waals surface area contributed by atoms with Gasteiger partial charge in [-0.2, -0.15) is 0 Å². The summed E-state index contributed by atoms with van der Waals surface area (Å²) in [5, 5.41) is 21.1. The van der Waals surface area contributed by atoms with Crippen molar-refractivity contribution in [2.45, 2.75) is 6.04 Å². The second-order valence-corrected chi connectivity index (χ2v) is 7.14. The van der Waals surface area contributed by atoms with Gasteiger partial charge < -0.3 is 29.3 Å². The molecule has 9 heteroatoms. The summed E-state index contributed by atoms with van der Waals surface area (Å²) in [4.78, 5) is 27.1. The minimum atomic E-state index is -0.956. The van der Waals surface area contributed by atoms with Crippen LogP contribution in [-0.2, 0) is 14.3 Å². The van der Waals surface area contributed by atoms with Crippen molar-refractivity contribution < 1.29 is 34.0 Å². The smallest absolute Gasteiger partial charge is 0.295 e. The van der Waals surface area contributed by atoms with Gasteiger partial charge in [-0.15, -0.1) is 0 Å². The third-order valence-corrected chi connectivity index (χ3v) is 5.33. The number of halogens is 1. The van der Waals surface area contributed by atoms with E-state index in [1.807, 2.05) is 0 Å². The van der Waals surface area contributed by atoms with Crippen LogP contribution in [0.3, 0.4) is 0 Å². The SMILES string of the molecule is COCCN1C(=O)C(=O)/C(=C(/O)c2c(OC)cccc2OC)C1c1ccc(O)c(Cl)c1. The number of carbonyl (C=O) groups excluding carboxylic acids is 2. The Bertz CT molecular complexity index is 1030. The number of aliphatic hydroxyl groups excluding tert-OH is 1. The third kappa shape index (κ3) is 4.04. The monoisotopic (exact) mass is 447 g/mol. The Labute approximate surface area is 184 Å². The number of carbonyl (C=O) groups is 2. The molecule has 0 saturated carbocycles. The van der Waals surface area contributed by atoms with Crippen molar-refractivity contribution >= 4 is 29.1 Å². The van der Waals surface area contributed by atoms with Gasteiger partial charge in [-0.05, 0) is 29.8 Å². The van der Waals surface area contributed by atoms with E-state index in [2.05, 4.69) is 0 Å². The lowest BCUT2D eigenvalue weighted by molar-refractivity contribution is -0.140. The van der Waals surface area contributed by atoms with Crippen LogP contribution >= 0.6 is 11.6 Å². The van der Waals surface area contributed by atoms with Gasteiger partial charge in [-0.3, -0.25) is 9.59 Å². The van der Waals surface area contributed by atoms with Crippen LogP contribution in [-0.4, -0.2) is 61.3 Å². The fourth-order valence-corrected chi connectivity index (χ4v) is 3.75. The Morgan fingerprint density at radius 2 is 1.74 bits per heavy atom. The van der Waals surface area contributed by atoms with Gasteiger partial charge in [0.25, 0.3) is 11.7 Å². The first kappa shape index (κ1) is 22.5. The molecule has 2 aromatic rings. The number of nitrogens with zero attached hydrogens (tertiary/aromatic N) is 1. The number of benzene rings is 2. The molecule has 0 spiro atoms. The Hall–Kier alpha value is -3.23. The van der Waals surface area contributed by atoms with Gasteiger partial charge >= 0.3 is 0 Å². The van der Waals surface area contributed by atoms with Crippen LogP contribution in [0.15, 0.2) is 42.0 Å². The minimum absolute atomic E-state index is 0.0460. The molecular weight excluding hydrogens is 426 g/mol. The highest BCUT2D eigenvalue weighted by Gasteiger charge is 2.46. The lowest BCUT2D eigenvalue weighted by atomic mass is 9.94. The standard InChI is InChI=1S/C22H22ClNO7/c1-29-10-9-24-19(12-7-8-14(25)13(23)11-12)18(21(27)22(24)28)20(26)17-15(30-2)5-4-6-16(17)31-3/h4-8,11,19,25-26H,9-10H2,1-3H3/b20-18+. The Morgan fingerprint density at radius 3 is 2.29 bits per heavy atom. The molecule has 3 rings (SSSR count). The number of aliphatic hydroxyl groups is 1. The van der Waals surface area contributed by atoms with Crippen LogP contribution in [0.4, 0.5) is 0 Å². The maximum absolute atomic E-state index is 13.0. The average Bonchev–Trinajstić information content (AvgIpc) is 3.03. The number of ether oxygens (including phenoxy) is 3. The molecule has 164 valence electrons. The number of phenolic OH excluding ortho intramolecular Hbond substituents is 1. The summed E-state index contributed by atoms with van der Waals surface area (Å²) in [6.45, 7) is 0.275. The number of likely N-dealkylation sites (tertiary alicyclic amines) is 1. The highest BCUT2D eigenvalue weighted by atomic mass is 35.5. The molecule has 1 saturated heterocycles. The third-order valence-electron chi connectivity index (χ3n) is 5.03. The largest absolute Gasteiger partial charge is 0.506 e. The Morgan fingerprint density at radius 1 is 1.10 bits per heavy atom. The molecule has 1 aliphatic rings.